The second-order valence-corrected chi connectivity index (χ2v) is 5.98. The number of para-hydroxylation sites is 3. The molecular formula is C20H26N2O2. The molecule has 1 aliphatic heterocycles. The van der Waals surface area contributed by atoms with Gasteiger partial charge < -0.3 is 14.4 Å². The molecule has 0 amide bonds. The van der Waals surface area contributed by atoms with E-state index in [1.807, 2.05) is 25.1 Å². The molecule has 24 heavy (non-hydrogen) atoms. The van der Waals surface area contributed by atoms with Gasteiger partial charge in [0.25, 0.3) is 0 Å². The molecule has 0 N–H and O–H groups in total. The lowest BCUT2D eigenvalue weighted by molar-refractivity contribution is 0.243. The Balaban J connectivity index is 1.61. The van der Waals surface area contributed by atoms with Gasteiger partial charge in [-0.25, -0.2) is 0 Å². The van der Waals surface area contributed by atoms with E-state index < -0.39 is 0 Å². The number of hydrogen-bond acceptors (Lipinski definition) is 4. The maximum atomic E-state index is 5.75. The molecule has 1 heterocycles. The zero-order valence-corrected chi connectivity index (χ0v) is 14.6. The van der Waals surface area contributed by atoms with Crippen LogP contribution in [0.5, 0.6) is 11.5 Å². The van der Waals surface area contributed by atoms with Gasteiger partial charge in [0.2, 0.25) is 0 Å². The Kier molecular flexibility index (Phi) is 5.59. The van der Waals surface area contributed by atoms with Crippen LogP contribution in [-0.2, 0) is 6.54 Å². The summed E-state index contributed by atoms with van der Waals surface area (Å²) in [6.45, 7) is 7.78. The van der Waals surface area contributed by atoms with Gasteiger partial charge in [0, 0.05) is 38.3 Å². The minimum absolute atomic E-state index is 0.707. The number of methoxy groups -OCH3 is 1. The Bertz CT molecular complexity index is 652. The molecule has 0 unspecified atom stereocenters. The van der Waals surface area contributed by atoms with Crippen molar-refractivity contribution >= 4 is 5.69 Å². The van der Waals surface area contributed by atoms with Gasteiger partial charge in [0.1, 0.15) is 11.5 Å². The fourth-order valence-corrected chi connectivity index (χ4v) is 3.21. The Labute approximate surface area is 144 Å². The van der Waals surface area contributed by atoms with Crippen molar-refractivity contribution < 1.29 is 9.47 Å². The average Bonchev–Trinajstić information content (AvgIpc) is 2.64. The lowest BCUT2D eigenvalue weighted by atomic mass is 10.1. The first-order chi connectivity index (χ1) is 11.8. The number of benzene rings is 2. The van der Waals surface area contributed by atoms with E-state index in [2.05, 4.69) is 40.1 Å². The van der Waals surface area contributed by atoms with Gasteiger partial charge in [-0.1, -0.05) is 30.3 Å². The molecule has 128 valence electrons. The van der Waals surface area contributed by atoms with E-state index in [4.69, 9.17) is 9.47 Å². The third-order valence-corrected chi connectivity index (χ3v) is 4.46. The second-order valence-electron chi connectivity index (χ2n) is 5.98. The summed E-state index contributed by atoms with van der Waals surface area (Å²) >= 11 is 0. The first kappa shape index (κ1) is 16.7. The quantitative estimate of drug-likeness (QED) is 0.812. The fourth-order valence-electron chi connectivity index (χ4n) is 3.21. The predicted octanol–water partition coefficient (Wildman–Crippen LogP) is 3.42. The first-order valence-electron chi connectivity index (χ1n) is 8.63. The number of piperazine rings is 1. The largest absolute Gasteiger partial charge is 0.495 e. The number of anilines is 1. The van der Waals surface area contributed by atoms with Crippen LogP contribution in [0.15, 0.2) is 48.5 Å². The lowest BCUT2D eigenvalue weighted by Crippen LogP contribution is -2.46. The molecule has 0 aromatic heterocycles. The monoisotopic (exact) mass is 326 g/mol. The van der Waals surface area contributed by atoms with Crippen molar-refractivity contribution in [2.24, 2.45) is 0 Å². The molecule has 0 bridgehead atoms. The van der Waals surface area contributed by atoms with Gasteiger partial charge in [-0.15, -0.1) is 0 Å². The van der Waals surface area contributed by atoms with Crippen LogP contribution in [-0.4, -0.2) is 44.8 Å². The molecule has 0 atom stereocenters. The fraction of sp³-hybridized carbons (Fsp3) is 0.400. The van der Waals surface area contributed by atoms with Crippen molar-refractivity contribution in [2.75, 3.05) is 44.8 Å². The van der Waals surface area contributed by atoms with E-state index >= 15 is 0 Å². The standard InChI is InChI=1S/C20H26N2O2/c1-3-24-19-10-6-4-8-17(19)16-21-12-14-22(15-13-21)18-9-5-7-11-20(18)23-2/h4-11H,3,12-16H2,1-2H3. The molecule has 4 nitrogen and oxygen atoms in total. The molecule has 0 saturated carbocycles. The number of hydrogen-bond donors (Lipinski definition) is 0. The SMILES string of the molecule is CCOc1ccccc1CN1CCN(c2ccccc2OC)CC1. The van der Waals surface area contributed by atoms with Crippen LogP contribution in [0.4, 0.5) is 5.69 Å². The van der Waals surface area contributed by atoms with Crippen LogP contribution in [0.25, 0.3) is 0 Å². The number of rotatable bonds is 6. The predicted molar refractivity (Wildman–Crippen MR) is 98.1 cm³/mol. The third kappa shape index (κ3) is 3.82. The van der Waals surface area contributed by atoms with Crippen molar-refractivity contribution in [2.45, 2.75) is 13.5 Å². The lowest BCUT2D eigenvalue weighted by Gasteiger charge is -2.36. The summed E-state index contributed by atoms with van der Waals surface area (Å²) in [6.07, 6.45) is 0. The summed E-state index contributed by atoms with van der Waals surface area (Å²) in [4.78, 5) is 4.90. The van der Waals surface area contributed by atoms with Gasteiger partial charge in [0.15, 0.2) is 0 Å². The third-order valence-electron chi connectivity index (χ3n) is 4.46. The topological polar surface area (TPSA) is 24.9 Å². The molecule has 1 aliphatic rings. The molecule has 2 aromatic carbocycles. The Morgan fingerprint density at radius 2 is 1.54 bits per heavy atom. The van der Waals surface area contributed by atoms with E-state index in [9.17, 15) is 0 Å². The summed E-state index contributed by atoms with van der Waals surface area (Å²) in [5.41, 5.74) is 2.46. The zero-order chi connectivity index (χ0) is 16.8. The highest BCUT2D eigenvalue weighted by atomic mass is 16.5. The van der Waals surface area contributed by atoms with E-state index in [1.54, 1.807) is 7.11 Å². The van der Waals surface area contributed by atoms with Crippen LogP contribution in [0.1, 0.15) is 12.5 Å². The first-order valence-corrected chi connectivity index (χ1v) is 8.63. The van der Waals surface area contributed by atoms with Gasteiger partial charge in [-0.2, -0.15) is 0 Å². The highest BCUT2D eigenvalue weighted by molar-refractivity contribution is 5.58. The molecule has 0 radical (unpaired) electrons. The van der Waals surface area contributed by atoms with Crippen molar-refractivity contribution in [3.8, 4) is 11.5 Å². The molecule has 0 spiro atoms. The molecular weight excluding hydrogens is 300 g/mol. The minimum atomic E-state index is 0.707. The Hall–Kier alpha value is -2.20. The van der Waals surface area contributed by atoms with Crippen LogP contribution >= 0.6 is 0 Å². The molecule has 4 heteroatoms. The van der Waals surface area contributed by atoms with Gasteiger partial charge in [-0.3, -0.25) is 4.90 Å². The highest BCUT2D eigenvalue weighted by Gasteiger charge is 2.20. The van der Waals surface area contributed by atoms with Crippen molar-refractivity contribution in [1.82, 2.24) is 4.90 Å². The van der Waals surface area contributed by atoms with Crippen molar-refractivity contribution in [1.29, 1.82) is 0 Å². The summed E-state index contributed by atoms with van der Waals surface area (Å²) in [5, 5.41) is 0. The van der Waals surface area contributed by atoms with Crippen LogP contribution in [0.3, 0.4) is 0 Å². The van der Waals surface area contributed by atoms with Crippen LogP contribution in [0, 0.1) is 0 Å². The molecule has 1 saturated heterocycles. The second kappa shape index (κ2) is 8.06. The summed E-state index contributed by atoms with van der Waals surface area (Å²) < 4.78 is 11.2. The highest BCUT2D eigenvalue weighted by Crippen LogP contribution is 2.29. The van der Waals surface area contributed by atoms with Gasteiger partial charge >= 0.3 is 0 Å². The van der Waals surface area contributed by atoms with Gasteiger partial charge in [0.05, 0.1) is 19.4 Å². The van der Waals surface area contributed by atoms with Crippen LogP contribution < -0.4 is 14.4 Å². The normalized spacial score (nSPS) is 15.3. The zero-order valence-electron chi connectivity index (χ0n) is 14.6. The van der Waals surface area contributed by atoms with Crippen molar-refractivity contribution in [3.63, 3.8) is 0 Å². The average molecular weight is 326 g/mol. The van der Waals surface area contributed by atoms with E-state index in [0.29, 0.717) is 6.61 Å². The smallest absolute Gasteiger partial charge is 0.142 e. The van der Waals surface area contributed by atoms with Gasteiger partial charge in [-0.05, 0) is 25.1 Å². The maximum absolute atomic E-state index is 5.75. The maximum Gasteiger partial charge on any atom is 0.142 e. The number of ether oxygens (including phenoxy) is 2. The Morgan fingerprint density at radius 1 is 0.875 bits per heavy atom. The summed E-state index contributed by atoms with van der Waals surface area (Å²) in [6, 6.07) is 16.6. The molecule has 0 aliphatic carbocycles. The van der Waals surface area contributed by atoms with E-state index in [0.717, 1.165) is 44.2 Å². The molecule has 1 fully saturated rings. The molecule has 2 aromatic rings. The number of nitrogens with zero attached hydrogens (tertiary/aromatic N) is 2. The van der Waals surface area contributed by atoms with E-state index in [-0.39, 0.29) is 0 Å². The van der Waals surface area contributed by atoms with E-state index in [1.165, 1.54) is 11.3 Å². The molecule has 3 rings (SSSR count). The summed E-state index contributed by atoms with van der Waals surface area (Å²) in [7, 11) is 1.74. The van der Waals surface area contributed by atoms with Crippen LogP contribution in [0.2, 0.25) is 0 Å². The Morgan fingerprint density at radius 3 is 2.25 bits per heavy atom. The minimum Gasteiger partial charge on any atom is -0.495 e. The summed E-state index contributed by atoms with van der Waals surface area (Å²) in [5.74, 6) is 1.96. The van der Waals surface area contributed by atoms with Crippen molar-refractivity contribution in [3.05, 3.63) is 54.1 Å².